The van der Waals surface area contributed by atoms with E-state index in [1.807, 2.05) is 5.32 Å². The standard InChI is InChI=1S/C15H18F3N3O3/c1-15(2,3)14(24)20-6-10(22)19-7-11(23)21-9-5-4-8(16)12(17)13(9)18/h4-5H,6-7H2,1-3H3,(H,19,22)(H,20,24)(H,21,23). The zero-order chi connectivity index (χ0) is 18.5. The number of benzene rings is 1. The molecule has 0 aliphatic heterocycles. The number of nitrogens with one attached hydrogen (secondary N) is 3. The maximum atomic E-state index is 13.4. The van der Waals surface area contributed by atoms with E-state index in [-0.39, 0.29) is 12.5 Å². The monoisotopic (exact) mass is 345 g/mol. The van der Waals surface area contributed by atoms with Crippen LogP contribution in [0.15, 0.2) is 12.1 Å². The van der Waals surface area contributed by atoms with Crippen LogP contribution in [0.25, 0.3) is 0 Å². The molecular weight excluding hydrogens is 327 g/mol. The molecule has 0 saturated heterocycles. The summed E-state index contributed by atoms with van der Waals surface area (Å²) in [7, 11) is 0. The van der Waals surface area contributed by atoms with Gasteiger partial charge in [-0.2, -0.15) is 0 Å². The Hall–Kier alpha value is -2.58. The predicted octanol–water partition coefficient (Wildman–Crippen LogP) is 1.32. The summed E-state index contributed by atoms with van der Waals surface area (Å²) in [6.07, 6.45) is 0. The quantitative estimate of drug-likeness (QED) is 0.704. The second-order valence-corrected chi connectivity index (χ2v) is 5.98. The van der Waals surface area contributed by atoms with Crippen LogP contribution in [0.2, 0.25) is 0 Å². The Balaban J connectivity index is 2.45. The summed E-state index contributed by atoms with van der Waals surface area (Å²) < 4.78 is 39.2. The van der Waals surface area contributed by atoms with Gasteiger partial charge in [0.2, 0.25) is 17.7 Å². The molecule has 0 saturated carbocycles. The molecule has 6 nitrogen and oxygen atoms in total. The van der Waals surface area contributed by atoms with Crippen molar-refractivity contribution in [3.63, 3.8) is 0 Å². The molecule has 0 atom stereocenters. The summed E-state index contributed by atoms with van der Waals surface area (Å²) in [6, 6.07) is 1.52. The van der Waals surface area contributed by atoms with E-state index in [9.17, 15) is 27.6 Å². The first-order chi connectivity index (χ1) is 11.0. The molecule has 24 heavy (non-hydrogen) atoms. The van der Waals surface area contributed by atoms with Crippen molar-refractivity contribution < 1.29 is 27.6 Å². The second-order valence-electron chi connectivity index (χ2n) is 5.98. The Bertz CT molecular complexity index is 657. The van der Waals surface area contributed by atoms with Gasteiger partial charge in [-0.1, -0.05) is 20.8 Å². The van der Waals surface area contributed by atoms with Crippen molar-refractivity contribution >= 4 is 23.4 Å². The number of amides is 3. The number of carbonyl (C=O) groups excluding carboxylic acids is 3. The van der Waals surface area contributed by atoms with Gasteiger partial charge in [0.25, 0.3) is 0 Å². The maximum Gasteiger partial charge on any atom is 0.243 e. The van der Waals surface area contributed by atoms with Crippen molar-refractivity contribution in [3.8, 4) is 0 Å². The van der Waals surface area contributed by atoms with Crippen LogP contribution in [0.4, 0.5) is 18.9 Å². The first-order valence-corrected chi connectivity index (χ1v) is 7.00. The average molecular weight is 345 g/mol. The van der Waals surface area contributed by atoms with Gasteiger partial charge >= 0.3 is 0 Å². The fraction of sp³-hybridized carbons (Fsp3) is 0.400. The number of anilines is 1. The first-order valence-electron chi connectivity index (χ1n) is 7.00. The molecule has 1 aromatic rings. The lowest BCUT2D eigenvalue weighted by Gasteiger charge is -2.17. The van der Waals surface area contributed by atoms with E-state index in [1.54, 1.807) is 20.8 Å². The molecule has 0 fully saturated rings. The van der Waals surface area contributed by atoms with Gasteiger partial charge in [0.05, 0.1) is 18.8 Å². The number of carbonyl (C=O) groups is 3. The van der Waals surface area contributed by atoms with Crippen LogP contribution in [0.5, 0.6) is 0 Å². The minimum atomic E-state index is -1.71. The molecule has 0 aromatic heterocycles. The summed E-state index contributed by atoms with van der Waals surface area (Å²) in [5.74, 6) is -6.43. The maximum absolute atomic E-state index is 13.4. The summed E-state index contributed by atoms with van der Waals surface area (Å²) in [4.78, 5) is 34.6. The minimum Gasteiger partial charge on any atom is -0.347 e. The van der Waals surface area contributed by atoms with Crippen molar-refractivity contribution in [2.24, 2.45) is 5.41 Å². The Morgan fingerprint density at radius 2 is 1.50 bits per heavy atom. The van der Waals surface area contributed by atoms with Gasteiger partial charge in [-0.15, -0.1) is 0 Å². The normalized spacial score (nSPS) is 10.9. The molecule has 0 aliphatic carbocycles. The lowest BCUT2D eigenvalue weighted by Crippen LogP contribution is -2.43. The zero-order valence-electron chi connectivity index (χ0n) is 13.4. The van der Waals surface area contributed by atoms with Crippen LogP contribution < -0.4 is 16.0 Å². The summed E-state index contributed by atoms with van der Waals surface area (Å²) in [5.41, 5.74) is -1.21. The number of hydrogen-bond acceptors (Lipinski definition) is 3. The van der Waals surface area contributed by atoms with Crippen LogP contribution in [0.3, 0.4) is 0 Å². The molecule has 0 aliphatic rings. The van der Waals surface area contributed by atoms with Crippen LogP contribution in [-0.2, 0) is 14.4 Å². The molecule has 132 valence electrons. The van der Waals surface area contributed by atoms with E-state index < -0.39 is 46.9 Å². The molecule has 0 heterocycles. The highest BCUT2D eigenvalue weighted by Crippen LogP contribution is 2.19. The Morgan fingerprint density at radius 1 is 0.917 bits per heavy atom. The average Bonchev–Trinajstić information content (AvgIpc) is 2.50. The van der Waals surface area contributed by atoms with Gasteiger partial charge in [-0.05, 0) is 12.1 Å². The number of rotatable bonds is 5. The second kappa shape index (κ2) is 7.80. The van der Waals surface area contributed by atoms with Gasteiger partial charge in [-0.3, -0.25) is 14.4 Å². The summed E-state index contributed by atoms with van der Waals surface area (Å²) in [6.45, 7) is 4.16. The van der Waals surface area contributed by atoms with Gasteiger partial charge in [-0.25, -0.2) is 13.2 Å². The lowest BCUT2D eigenvalue weighted by atomic mass is 9.96. The highest BCUT2D eigenvalue weighted by atomic mass is 19.2. The third kappa shape index (κ3) is 5.56. The minimum absolute atomic E-state index is 0.330. The van der Waals surface area contributed by atoms with E-state index in [0.717, 1.165) is 6.07 Å². The van der Waals surface area contributed by atoms with Crippen molar-refractivity contribution in [2.75, 3.05) is 18.4 Å². The van der Waals surface area contributed by atoms with Crippen molar-refractivity contribution in [3.05, 3.63) is 29.6 Å². The largest absolute Gasteiger partial charge is 0.347 e. The van der Waals surface area contributed by atoms with E-state index in [4.69, 9.17) is 0 Å². The van der Waals surface area contributed by atoms with Gasteiger partial charge in [0, 0.05) is 5.41 Å². The lowest BCUT2D eigenvalue weighted by molar-refractivity contribution is -0.131. The van der Waals surface area contributed by atoms with Gasteiger partial charge in [0.1, 0.15) is 0 Å². The third-order valence-corrected chi connectivity index (χ3v) is 2.85. The van der Waals surface area contributed by atoms with E-state index >= 15 is 0 Å². The first kappa shape index (κ1) is 19.5. The fourth-order valence-corrected chi connectivity index (χ4v) is 1.48. The fourth-order valence-electron chi connectivity index (χ4n) is 1.48. The Kier molecular flexibility index (Phi) is 6.33. The predicted molar refractivity (Wildman–Crippen MR) is 80.4 cm³/mol. The molecule has 1 aromatic carbocycles. The Morgan fingerprint density at radius 3 is 2.08 bits per heavy atom. The molecule has 0 spiro atoms. The highest BCUT2D eigenvalue weighted by Gasteiger charge is 2.21. The number of halogens is 3. The Labute approximate surface area is 136 Å². The van der Waals surface area contributed by atoms with Gasteiger partial charge in [0.15, 0.2) is 17.5 Å². The summed E-state index contributed by atoms with van der Waals surface area (Å²) in [5, 5.41) is 6.58. The highest BCUT2D eigenvalue weighted by molar-refractivity contribution is 5.95. The van der Waals surface area contributed by atoms with Crippen LogP contribution in [0, 0.1) is 22.9 Å². The smallest absolute Gasteiger partial charge is 0.243 e. The zero-order valence-corrected chi connectivity index (χ0v) is 13.4. The van der Waals surface area contributed by atoms with E-state index in [0.29, 0.717) is 6.07 Å². The molecule has 0 bridgehead atoms. The molecular formula is C15H18F3N3O3. The molecule has 0 unspecified atom stereocenters. The van der Waals surface area contributed by atoms with Crippen molar-refractivity contribution in [1.82, 2.24) is 10.6 Å². The van der Waals surface area contributed by atoms with Crippen LogP contribution >= 0.6 is 0 Å². The van der Waals surface area contributed by atoms with Crippen LogP contribution in [0.1, 0.15) is 20.8 Å². The SMILES string of the molecule is CC(C)(C)C(=O)NCC(=O)NCC(=O)Nc1ccc(F)c(F)c1F. The van der Waals surface area contributed by atoms with Gasteiger partial charge < -0.3 is 16.0 Å². The topological polar surface area (TPSA) is 87.3 Å². The number of hydrogen-bond donors (Lipinski definition) is 3. The van der Waals surface area contributed by atoms with Crippen LogP contribution in [-0.4, -0.2) is 30.8 Å². The summed E-state index contributed by atoms with van der Waals surface area (Å²) >= 11 is 0. The molecule has 3 N–H and O–H groups in total. The van der Waals surface area contributed by atoms with E-state index in [1.165, 1.54) is 0 Å². The molecule has 3 amide bonds. The molecule has 9 heteroatoms. The van der Waals surface area contributed by atoms with Crippen molar-refractivity contribution in [1.29, 1.82) is 0 Å². The van der Waals surface area contributed by atoms with Crippen molar-refractivity contribution in [2.45, 2.75) is 20.8 Å². The third-order valence-electron chi connectivity index (χ3n) is 2.85. The molecule has 1 rings (SSSR count). The molecule has 0 radical (unpaired) electrons. The van der Waals surface area contributed by atoms with E-state index in [2.05, 4.69) is 10.6 Å².